The monoisotopic (exact) mass is 169 g/mol. The lowest BCUT2D eigenvalue weighted by Crippen LogP contribution is -1.98. The van der Waals surface area contributed by atoms with Crippen LogP contribution in [-0.2, 0) is 0 Å². The van der Waals surface area contributed by atoms with E-state index in [1.165, 1.54) is 25.7 Å². The van der Waals surface area contributed by atoms with E-state index in [2.05, 4.69) is 0 Å². The van der Waals surface area contributed by atoms with Crippen molar-refractivity contribution >= 4 is 0 Å². The molecule has 1 nitrogen and oxygen atoms in total. The molecule has 0 aromatic rings. The van der Waals surface area contributed by atoms with E-state index in [9.17, 15) is 0 Å². The molecule has 0 rings (SSSR count). The van der Waals surface area contributed by atoms with Gasteiger partial charge >= 0.3 is 0 Å². The Kier molecular flexibility index (Phi) is 8.57. The van der Waals surface area contributed by atoms with Gasteiger partial charge in [-0.15, -0.1) is 0 Å². The van der Waals surface area contributed by atoms with E-state index in [0.717, 1.165) is 19.3 Å². The van der Waals surface area contributed by atoms with E-state index >= 15 is 0 Å². The summed E-state index contributed by atoms with van der Waals surface area (Å²) in [7, 11) is 0. The van der Waals surface area contributed by atoms with Crippen LogP contribution in [0.2, 0.25) is 0 Å². The molecular weight excluding hydrogens is 148 g/mol. The highest BCUT2D eigenvalue weighted by molar-refractivity contribution is 4.61. The predicted molar refractivity (Wildman–Crippen MR) is 52.9 cm³/mol. The number of hydrogen-bond acceptors (Lipinski definition) is 1. The first kappa shape index (κ1) is 11.7. The minimum atomic E-state index is -0.123. The maximum Gasteiger partial charge on any atom is 0.0512 e. The second kappa shape index (κ2) is 8.79. The van der Waals surface area contributed by atoms with E-state index in [-0.39, 0.29) is 6.10 Å². The van der Waals surface area contributed by atoms with Gasteiger partial charge in [0.15, 0.2) is 0 Å². The first-order valence-corrected chi connectivity index (χ1v) is 4.99. The molecule has 0 aromatic heterocycles. The van der Waals surface area contributed by atoms with Gasteiger partial charge in [0.25, 0.3) is 0 Å². The highest BCUT2D eigenvalue weighted by Crippen LogP contribution is 2.08. The van der Waals surface area contributed by atoms with E-state index in [1.807, 2.05) is 6.92 Å². The number of aliphatic hydroxyl groups is 1. The summed E-state index contributed by atoms with van der Waals surface area (Å²) >= 11 is 0. The van der Waals surface area contributed by atoms with Crippen LogP contribution in [0.25, 0.3) is 0 Å². The van der Waals surface area contributed by atoms with Crippen molar-refractivity contribution in [1.29, 1.82) is 0 Å². The van der Waals surface area contributed by atoms with Gasteiger partial charge in [-0.2, -0.15) is 0 Å². The van der Waals surface area contributed by atoms with E-state index in [1.54, 1.807) is 6.08 Å². The zero-order chi connectivity index (χ0) is 9.23. The highest BCUT2D eigenvalue weighted by atomic mass is 16.3. The molecule has 0 aromatic carbocycles. The SMILES string of the molecule is [CH]=CCCCCCCCC(C)O. The summed E-state index contributed by atoms with van der Waals surface area (Å²) in [6.07, 6.45) is 9.76. The van der Waals surface area contributed by atoms with Crippen molar-refractivity contribution in [2.24, 2.45) is 0 Å². The summed E-state index contributed by atoms with van der Waals surface area (Å²) < 4.78 is 0. The molecule has 1 unspecified atom stereocenters. The Morgan fingerprint density at radius 3 is 2.33 bits per heavy atom. The molecule has 0 saturated carbocycles. The molecule has 12 heavy (non-hydrogen) atoms. The minimum absolute atomic E-state index is 0.123. The summed E-state index contributed by atoms with van der Waals surface area (Å²) in [5.41, 5.74) is 0. The molecule has 71 valence electrons. The molecule has 1 heteroatoms. The normalized spacial score (nSPS) is 12.8. The van der Waals surface area contributed by atoms with Crippen LogP contribution >= 0.6 is 0 Å². The highest BCUT2D eigenvalue weighted by Gasteiger charge is 1.94. The van der Waals surface area contributed by atoms with Gasteiger partial charge in [0.1, 0.15) is 0 Å². The molecule has 1 radical (unpaired) electrons. The quantitative estimate of drug-likeness (QED) is 0.554. The third-order valence-corrected chi connectivity index (χ3v) is 1.99. The zero-order valence-corrected chi connectivity index (χ0v) is 8.13. The van der Waals surface area contributed by atoms with Gasteiger partial charge < -0.3 is 5.11 Å². The van der Waals surface area contributed by atoms with Crippen LogP contribution in [0.4, 0.5) is 0 Å². The molecule has 0 fully saturated rings. The Labute approximate surface area is 76.5 Å². The summed E-state index contributed by atoms with van der Waals surface area (Å²) in [5, 5.41) is 8.97. The van der Waals surface area contributed by atoms with Gasteiger partial charge in [-0.3, -0.25) is 0 Å². The lowest BCUT2D eigenvalue weighted by atomic mass is 10.1. The average molecular weight is 169 g/mol. The number of rotatable bonds is 8. The molecule has 0 bridgehead atoms. The fourth-order valence-corrected chi connectivity index (χ4v) is 1.23. The Morgan fingerprint density at radius 1 is 1.17 bits per heavy atom. The van der Waals surface area contributed by atoms with Gasteiger partial charge in [0, 0.05) is 0 Å². The average Bonchev–Trinajstić information content (AvgIpc) is 2.02. The first-order valence-electron chi connectivity index (χ1n) is 4.99. The van der Waals surface area contributed by atoms with Gasteiger partial charge in [0.2, 0.25) is 0 Å². The smallest absolute Gasteiger partial charge is 0.0512 e. The van der Waals surface area contributed by atoms with Crippen LogP contribution in [-0.4, -0.2) is 11.2 Å². The summed E-state index contributed by atoms with van der Waals surface area (Å²) in [6, 6.07) is 0. The largest absolute Gasteiger partial charge is 0.393 e. The third kappa shape index (κ3) is 9.70. The molecule has 0 saturated heterocycles. The fraction of sp³-hybridized carbons (Fsp3) is 0.818. The van der Waals surface area contributed by atoms with Crippen molar-refractivity contribution in [3.8, 4) is 0 Å². The summed E-state index contributed by atoms with van der Waals surface area (Å²) in [6.45, 7) is 7.10. The van der Waals surface area contributed by atoms with Crippen molar-refractivity contribution in [3.05, 3.63) is 12.7 Å². The van der Waals surface area contributed by atoms with E-state index in [0.29, 0.717) is 0 Å². The summed E-state index contributed by atoms with van der Waals surface area (Å²) in [5.74, 6) is 0. The molecule has 0 amide bonds. The van der Waals surface area contributed by atoms with E-state index < -0.39 is 0 Å². The number of hydrogen-bond donors (Lipinski definition) is 1. The molecule has 1 N–H and O–H groups in total. The predicted octanol–water partition coefficient (Wildman–Crippen LogP) is 3.09. The Bertz CT molecular complexity index is 97.2. The molecule has 1 atom stereocenters. The van der Waals surface area contributed by atoms with Gasteiger partial charge in [0.05, 0.1) is 6.10 Å². The second-order valence-corrected chi connectivity index (χ2v) is 3.43. The van der Waals surface area contributed by atoms with Crippen molar-refractivity contribution in [2.75, 3.05) is 0 Å². The van der Waals surface area contributed by atoms with Crippen molar-refractivity contribution in [2.45, 2.75) is 58.0 Å². The van der Waals surface area contributed by atoms with Crippen molar-refractivity contribution < 1.29 is 5.11 Å². The minimum Gasteiger partial charge on any atom is -0.393 e. The Hall–Kier alpha value is -0.300. The molecule has 0 aliphatic heterocycles. The zero-order valence-electron chi connectivity index (χ0n) is 8.13. The molecule has 0 aliphatic carbocycles. The third-order valence-electron chi connectivity index (χ3n) is 1.99. The lowest BCUT2D eigenvalue weighted by Gasteiger charge is -2.02. The van der Waals surface area contributed by atoms with Crippen LogP contribution in [0.3, 0.4) is 0 Å². The van der Waals surface area contributed by atoms with Gasteiger partial charge in [-0.1, -0.05) is 38.3 Å². The number of allylic oxidation sites excluding steroid dienone is 1. The van der Waals surface area contributed by atoms with Gasteiger partial charge in [-0.25, -0.2) is 0 Å². The van der Waals surface area contributed by atoms with Crippen LogP contribution in [0.5, 0.6) is 0 Å². The van der Waals surface area contributed by atoms with Crippen LogP contribution in [0, 0.1) is 6.58 Å². The molecular formula is C11H21O. The second-order valence-electron chi connectivity index (χ2n) is 3.43. The molecule has 0 aliphatic rings. The number of unbranched alkanes of at least 4 members (excludes halogenated alkanes) is 5. The maximum absolute atomic E-state index is 8.97. The molecule has 0 spiro atoms. The molecule has 0 heterocycles. The van der Waals surface area contributed by atoms with Gasteiger partial charge in [-0.05, 0) is 26.2 Å². The summed E-state index contributed by atoms with van der Waals surface area (Å²) in [4.78, 5) is 0. The van der Waals surface area contributed by atoms with Crippen LogP contribution in [0.15, 0.2) is 6.08 Å². The van der Waals surface area contributed by atoms with Crippen molar-refractivity contribution in [3.63, 3.8) is 0 Å². The van der Waals surface area contributed by atoms with Crippen LogP contribution < -0.4 is 0 Å². The fourth-order valence-electron chi connectivity index (χ4n) is 1.23. The van der Waals surface area contributed by atoms with Crippen molar-refractivity contribution in [1.82, 2.24) is 0 Å². The number of aliphatic hydroxyl groups excluding tert-OH is 1. The maximum atomic E-state index is 8.97. The van der Waals surface area contributed by atoms with Crippen LogP contribution in [0.1, 0.15) is 51.9 Å². The standard InChI is InChI=1S/C11H21O/c1-3-4-5-6-7-8-9-10-11(2)12/h1,3,11-12H,4-10H2,2H3. The Morgan fingerprint density at radius 2 is 1.75 bits per heavy atom. The first-order chi connectivity index (χ1) is 5.77. The lowest BCUT2D eigenvalue weighted by molar-refractivity contribution is 0.180. The van der Waals surface area contributed by atoms with E-state index in [4.69, 9.17) is 11.7 Å². The topological polar surface area (TPSA) is 20.2 Å². The Balaban J connectivity index is 2.86.